The first kappa shape index (κ1) is 21.8. The molecule has 0 bridgehead atoms. The zero-order chi connectivity index (χ0) is 23.9. The Balaban J connectivity index is 1.35. The fourth-order valence-electron chi connectivity index (χ4n) is 4.60. The number of nitrogens with two attached hydrogens (primary N) is 1. The number of nitrogens with one attached hydrogen (secondary N) is 1. The predicted molar refractivity (Wildman–Crippen MR) is 134 cm³/mol. The number of rotatable bonds is 5. The number of nitrogen functional groups attached to an aromatic ring is 1. The Morgan fingerprint density at radius 3 is 2.57 bits per heavy atom. The first-order valence-corrected chi connectivity index (χ1v) is 11.9. The van der Waals surface area contributed by atoms with Crippen LogP contribution in [0.2, 0.25) is 5.02 Å². The van der Waals surface area contributed by atoms with Gasteiger partial charge in [-0.1, -0.05) is 23.7 Å². The average molecular weight is 490 g/mol. The van der Waals surface area contributed by atoms with Crippen LogP contribution in [0, 0.1) is 0 Å². The molecule has 0 saturated carbocycles. The Kier molecular flexibility index (Phi) is 5.51. The number of aromatic nitrogens is 1. The Hall–Kier alpha value is -3.68. The molecule has 1 saturated heterocycles. The molecule has 1 amide bonds. The molecule has 0 aliphatic carbocycles. The first-order valence-electron chi connectivity index (χ1n) is 11.5. The molecule has 2 atom stereocenters. The minimum atomic E-state index is -0.423. The van der Waals surface area contributed by atoms with Crippen LogP contribution in [0.25, 0.3) is 10.9 Å². The standard InChI is InChI=1S/C27H24ClN3O4/c28-17-3-10-24-23(13-17)22-11-12-31(27(32)35-20-8-4-18(29)5-9-20)26(25(22)30-24)16-1-6-19(7-2-16)33-14-21-15-34-21/h1-10,13,21,26,30H,11-12,14-15,29H2. The highest BCUT2D eigenvalue weighted by Crippen LogP contribution is 2.40. The van der Waals surface area contributed by atoms with E-state index in [4.69, 9.17) is 31.5 Å². The van der Waals surface area contributed by atoms with Crippen molar-refractivity contribution in [2.24, 2.45) is 0 Å². The summed E-state index contributed by atoms with van der Waals surface area (Å²) in [6, 6.07) is 20.1. The maximum Gasteiger partial charge on any atom is 0.416 e. The predicted octanol–water partition coefficient (Wildman–Crippen LogP) is 5.33. The lowest BCUT2D eigenvalue weighted by molar-refractivity contribution is 0.135. The van der Waals surface area contributed by atoms with Crippen molar-refractivity contribution in [3.8, 4) is 11.5 Å². The molecule has 8 heteroatoms. The van der Waals surface area contributed by atoms with E-state index in [-0.39, 0.29) is 12.1 Å². The van der Waals surface area contributed by atoms with Crippen LogP contribution in [-0.4, -0.2) is 41.8 Å². The monoisotopic (exact) mass is 489 g/mol. The second kappa shape index (κ2) is 8.83. The number of ether oxygens (including phenoxy) is 3. The molecule has 3 N–H and O–H groups in total. The van der Waals surface area contributed by atoms with Crippen molar-refractivity contribution in [2.75, 3.05) is 25.5 Å². The molecule has 0 spiro atoms. The summed E-state index contributed by atoms with van der Waals surface area (Å²) in [4.78, 5) is 18.7. The maximum atomic E-state index is 13.4. The van der Waals surface area contributed by atoms with Gasteiger partial charge in [0.25, 0.3) is 0 Å². The SMILES string of the molecule is Nc1ccc(OC(=O)N2CCc3c([nH]c4ccc(Cl)cc34)C2c2ccc(OCC3CO3)cc2)cc1. The van der Waals surface area contributed by atoms with Gasteiger partial charge in [-0.05, 0) is 72.1 Å². The van der Waals surface area contributed by atoms with Crippen molar-refractivity contribution in [1.82, 2.24) is 9.88 Å². The Morgan fingerprint density at radius 2 is 1.83 bits per heavy atom. The number of benzene rings is 3. The van der Waals surface area contributed by atoms with Crippen LogP contribution < -0.4 is 15.2 Å². The van der Waals surface area contributed by atoms with Crippen LogP contribution in [0.3, 0.4) is 0 Å². The van der Waals surface area contributed by atoms with E-state index in [1.807, 2.05) is 42.5 Å². The van der Waals surface area contributed by atoms with E-state index in [2.05, 4.69) is 4.98 Å². The van der Waals surface area contributed by atoms with E-state index < -0.39 is 6.09 Å². The molecule has 6 rings (SSSR count). The molecular weight excluding hydrogens is 466 g/mol. The van der Waals surface area contributed by atoms with Crippen LogP contribution in [0.5, 0.6) is 11.5 Å². The number of hydrogen-bond acceptors (Lipinski definition) is 5. The summed E-state index contributed by atoms with van der Waals surface area (Å²) in [5, 5.41) is 1.76. The summed E-state index contributed by atoms with van der Waals surface area (Å²) in [6.07, 6.45) is 0.451. The Morgan fingerprint density at radius 1 is 1.09 bits per heavy atom. The molecule has 2 unspecified atom stereocenters. The number of hydrogen-bond donors (Lipinski definition) is 2. The summed E-state index contributed by atoms with van der Waals surface area (Å²) < 4.78 is 16.7. The van der Waals surface area contributed by atoms with Gasteiger partial charge in [-0.3, -0.25) is 4.90 Å². The summed E-state index contributed by atoms with van der Waals surface area (Å²) in [5.41, 5.74) is 10.4. The van der Waals surface area contributed by atoms with Crippen molar-refractivity contribution in [3.63, 3.8) is 0 Å². The molecule has 1 fully saturated rings. The molecule has 4 aromatic rings. The summed E-state index contributed by atoms with van der Waals surface area (Å²) in [6.45, 7) is 1.79. The molecule has 35 heavy (non-hydrogen) atoms. The molecule has 7 nitrogen and oxygen atoms in total. The molecule has 1 aromatic heterocycles. The maximum absolute atomic E-state index is 13.4. The third kappa shape index (κ3) is 4.40. The number of aromatic amines is 1. The number of epoxide rings is 1. The third-order valence-electron chi connectivity index (χ3n) is 6.44. The van der Waals surface area contributed by atoms with Gasteiger partial charge in [0.2, 0.25) is 0 Å². The summed E-state index contributed by atoms with van der Waals surface area (Å²) in [5.74, 6) is 1.21. The number of fused-ring (bicyclic) bond motifs is 3. The van der Waals surface area contributed by atoms with Gasteiger partial charge < -0.3 is 24.9 Å². The van der Waals surface area contributed by atoms with Crippen molar-refractivity contribution in [3.05, 3.63) is 88.6 Å². The smallest absolute Gasteiger partial charge is 0.416 e. The molecule has 2 aliphatic heterocycles. The highest BCUT2D eigenvalue weighted by molar-refractivity contribution is 6.31. The van der Waals surface area contributed by atoms with Crippen molar-refractivity contribution >= 4 is 34.3 Å². The lowest BCUT2D eigenvalue weighted by atomic mass is 9.92. The summed E-state index contributed by atoms with van der Waals surface area (Å²) in [7, 11) is 0. The highest BCUT2D eigenvalue weighted by atomic mass is 35.5. The number of H-pyrrole nitrogens is 1. The van der Waals surface area contributed by atoms with Crippen molar-refractivity contribution in [2.45, 2.75) is 18.6 Å². The van der Waals surface area contributed by atoms with E-state index in [9.17, 15) is 4.79 Å². The molecule has 3 heterocycles. The quantitative estimate of drug-likeness (QED) is 0.292. The third-order valence-corrected chi connectivity index (χ3v) is 6.68. The van der Waals surface area contributed by atoms with Crippen molar-refractivity contribution in [1.29, 1.82) is 0 Å². The fraction of sp³-hybridized carbons (Fsp3) is 0.222. The summed E-state index contributed by atoms with van der Waals surface area (Å²) >= 11 is 6.30. The second-order valence-electron chi connectivity index (χ2n) is 8.83. The highest BCUT2D eigenvalue weighted by Gasteiger charge is 2.36. The first-order chi connectivity index (χ1) is 17.0. The van der Waals surface area contributed by atoms with E-state index >= 15 is 0 Å². The van der Waals surface area contributed by atoms with Gasteiger partial charge in [-0.2, -0.15) is 0 Å². The largest absolute Gasteiger partial charge is 0.491 e. The number of amides is 1. The zero-order valence-corrected chi connectivity index (χ0v) is 19.6. The zero-order valence-electron chi connectivity index (χ0n) is 18.9. The van der Waals surface area contributed by atoms with Gasteiger partial charge in [0.1, 0.15) is 30.3 Å². The second-order valence-corrected chi connectivity index (χ2v) is 9.26. The van der Waals surface area contributed by atoms with Gasteiger partial charge in [0.05, 0.1) is 6.61 Å². The van der Waals surface area contributed by atoms with E-state index in [1.165, 1.54) is 0 Å². The van der Waals surface area contributed by atoms with Crippen LogP contribution in [-0.2, 0) is 11.2 Å². The van der Waals surface area contributed by atoms with E-state index in [0.717, 1.165) is 40.1 Å². The van der Waals surface area contributed by atoms with Gasteiger partial charge in [0.15, 0.2) is 0 Å². The van der Waals surface area contributed by atoms with Gasteiger partial charge in [-0.25, -0.2) is 4.79 Å². The molecule has 3 aromatic carbocycles. The van der Waals surface area contributed by atoms with E-state index in [1.54, 1.807) is 29.2 Å². The number of carbonyl (C=O) groups is 1. The molecular formula is C27H24ClN3O4. The van der Waals surface area contributed by atoms with Gasteiger partial charge in [0, 0.05) is 33.9 Å². The fourth-order valence-corrected chi connectivity index (χ4v) is 4.77. The Bertz CT molecular complexity index is 1380. The minimum absolute atomic E-state index is 0.187. The number of anilines is 1. The van der Waals surface area contributed by atoms with Gasteiger partial charge >= 0.3 is 6.09 Å². The van der Waals surface area contributed by atoms with Crippen LogP contribution in [0.15, 0.2) is 66.7 Å². The Labute approximate surface area is 207 Å². The van der Waals surface area contributed by atoms with Crippen molar-refractivity contribution < 1.29 is 19.0 Å². The molecule has 2 aliphatic rings. The number of carbonyl (C=O) groups excluding carboxylic acids is 1. The minimum Gasteiger partial charge on any atom is -0.491 e. The number of halogens is 1. The van der Waals surface area contributed by atoms with Gasteiger partial charge in [-0.15, -0.1) is 0 Å². The van der Waals surface area contributed by atoms with Crippen LogP contribution in [0.1, 0.15) is 22.9 Å². The molecule has 178 valence electrons. The lowest BCUT2D eigenvalue weighted by Crippen LogP contribution is -2.42. The number of nitrogens with zero attached hydrogens (tertiary/aromatic N) is 1. The molecule has 0 radical (unpaired) electrons. The van der Waals surface area contributed by atoms with E-state index in [0.29, 0.717) is 36.0 Å². The average Bonchev–Trinajstić information content (AvgIpc) is 3.63. The van der Waals surface area contributed by atoms with Crippen LogP contribution >= 0.6 is 11.6 Å². The van der Waals surface area contributed by atoms with Crippen LogP contribution in [0.4, 0.5) is 10.5 Å². The lowest BCUT2D eigenvalue weighted by Gasteiger charge is -2.35. The normalized spacial score (nSPS) is 18.8. The topological polar surface area (TPSA) is 93.1 Å².